The molecule has 0 aromatic rings. The number of rotatable bonds is 66. The van der Waals surface area contributed by atoms with Gasteiger partial charge in [-0.25, -0.2) is 4.79 Å². The Balaban J connectivity index is 4.06. The number of carboxylic acid groups (broad SMARTS) is 1. The second-order valence-electron chi connectivity index (χ2n) is 25.2. The van der Waals surface area contributed by atoms with E-state index in [1.54, 1.807) is 0 Å². The minimum absolute atomic E-state index is 0.183. The van der Waals surface area contributed by atoms with Crippen molar-refractivity contribution in [3.63, 3.8) is 0 Å². The molecule has 9 nitrogen and oxygen atoms in total. The van der Waals surface area contributed by atoms with Gasteiger partial charge in [-0.2, -0.15) is 0 Å². The Labute approximate surface area is 514 Å². The molecule has 484 valence electrons. The summed E-state index contributed by atoms with van der Waals surface area (Å²) in [5.41, 5.74) is 0. The van der Waals surface area contributed by atoms with Gasteiger partial charge in [0.05, 0.1) is 34.4 Å². The zero-order chi connectivity index (χ0) is 60.5. The number of carbonyl (C=O) groups is 3. The van der Waals surface area contributed by atoms with Gasteiger partial charge in [-0.05, 0) is 57.8 Å². The van der Waals surface area contributed by atoms with Crippen LogP contribution in [-0.2, 0) is 33.3 Å². The maximum absolute atomic E-state index is 12.9. The first kappa shape index (κ1) is 80.0. The fourth-order valence-corrected chi connectivity index (χ4v) is 10.4. The van der Waals surface area contributed by atoms with Crippen LogP contribution in [0, 0.1) is 0 Å². The number of hydrogen-bond acceptors (Lipinski definition) is 7. The van der Waals surface area contributed by atoms with Crippen molar-refractivity contribution < 1.29 is 42.9 Å². The molecular weight excluding hydrogens is 1030 g/mol. The molecule has 0 fully saturated rings. The van der Waals surface area contributed by atoms with Crippen LogP contribution >= 0.6 is 0 Å². The van der Waals surface area contributed by atoms with Crippen LogP contribution in [0.25, 0.3) is 0 Å². The molecule has 0 rings (SSSR count). The number of carbonyl (C=O) groups excluding carboxylic acids is 2. The monoisotopic (exact) mass is 1170 g/mol. The Morgan fingerprint density at radius 1 is 0.373 bits per heavy atom. The predicted molar refractivity (Wildman–Crippen MR) is 355 cm³/mol. The zero-order valence-corrected chi connectivity index (χ0v) is 55.4. The van der Waals surface area contributed by atoms with E-state index in [0.717, 1.165) is 77.0 Å². The van der Waals surface area contributed by atoms with Crippen LogP contribution < -0.4 is 0 Å². The Hall–Kier alpha value is -3.01. The number of esters is 2. The molecule has 2 atom stereocenters. The van der Waals surface area contributed by atoms with E-state index >= 15 is 0 Å². The van der Waals surface area contributed by atoms with Gasteiger partial charge in [0.15, 0.2) is 6.10 Å². The van der Waals surface area contributed by atoms with Gasteiger partial charge >= 0.3 is 17.9 Å². The molecule has 0 heterocycles. The van der Waals surface area contributed by atoms with Crippen molar-refractivity contribution in [1.29, 1.82) is 0 Å². The summed E-state index contributed by atoms with van der Waals surface area (Å²) in [6.07, 6.45) is 82.0. The smallest absolute Gasteiger partial charge is 0.361 e. The van der Waals surface area contributed by atoms with E-state index in [-0.39, 0.29) is 32.2 Å². The molecule has 0 aromatic heterocycles. The topological polar surface area (TPSA) is 108 Å². The highest BCUT2D eigenvalue weighted by Gasteiger charge is 2.25. The lowest BCUT2D eigenvalue weighted by Gasteiger charge is -2.25. The molecule has 0 aliphatic heterocycles. The molecule has 2 unspecified atom stereocenters. The SMILES string of the molecule is CC/C=C\C/C=C\C/C=C\C/C=C\C/C=C\CCCCCCCCCCCC(=O)OC(COC(=O)CCCCCCCCCCCCCCCCCCCCCCCCCCCCCCCCCCC)COC(OCC[N+](C)(C)C)C(=O)O. The number of quaternary nitrogens is 1. The molecule has 0 spiro atoms. The highest BCUT2D eigenvalue weighted by Crippen LogP contribution is 2.19. The maximum atomic E-state index is 12.9. The lowest BCUT2D eigenvalue weighted by molar-refractivity contribution is -0.870. The maximum Gasteiger partial charge on any atom is 0.361 e. The molecule has 1 N–H and O–H groups in total. The molecular formula is C74H136NO8+. The summed E-state index contributed by atoms with van der Waals surface area (Å²) in [5, 5.41) is 9.74. The first-order valence-corrected chi connectivity index (χ1v) is 35.5. The largest absolute Gasteiger partial charge is 0.477 e. The predicted octanol–water partition coefficient (Wildman–Crippen LogP) is 21.9. The van der Waals surface area contributed by atoms with Gasteiger partial charge in [0.25, 0.3) is 6.29 Å². The standard InChI is InChI=1S/C74H135NO8/c1-6-8-10-12-14-16-18-20-22-24-26-28-30-32-33-34-35-36-37-38-39-41-42-44-46-48-50-52-54-56-58-60-62-64-71(76)81-68-70(69-82-74(73(78)79)80-67-66-75(3,4)5)83-72(77)65-63-61-59-57-55-53-51-49-47-45-43-40-31-29-27-25-23-21-19-17-15-13-11-9-7-2/h9,11,15,17,21,23,27,29,40,43,70,74H,6-8,10,12-14,16,18-20,22,24-26,28,30-39,41-42,44-69H2,1-5H3/p+1/b11-9-,17-15-,23-21-,29-27-,43-40-. The molecule has 9 heteroatoms. The van der Waals surface area contributed by atoms with Gasteiger partial charge in [0.1, 0.15) is 13.2 Å². The van der Waals surface area contributed by atoms with Gasteiger partial charge in [-0.1, -0.05) is 325 Å². The van der Waals surface area contributed by atoms with Crippen molar-refractivity contribution in [2.24, 2.45) is 0 Å². The molecule has 0 aliphatic carbocycles. The van der Waals surface area contributed by atoms with E-state index in [1.807, 2.05) is 21.1 Å². The van der Waals surface area contributed by atoms with Crippen molar-refractivity contribution in [3.05, 3.63) is 60.8 Å². The van der Waals surface area contributed by atoms with Crippen molar-refractivity contribution in [2.45, 2.75) is 347 Å². The van der Waals surface area contributed by atoms with E-state index in [4.69, 9.17) is 18.9 Å². The quantitative estimate of drug-likeness (QED) is 0.0211. The Kier molecular flexibility index (Phi) is 62.6. The summed E-state index contributed by atoms with van der Waals surface area (Å²) in [5.74, 6) is -2.00. The van der Waals surface area contributed by atoms with Gasteiger partial charge in [0, 0.05) is 12.8 Å². The average molecular weight is 1170 g/mol. The van der Waals surface area contributed by atoms with Crippen LogP contribution in [-0.4, -0.2) is 87.4 Å². The van der Waals surface area contributed by atoms with Crippen molar-refractivity contribution in [1.82, 2.24) is 0 Å². The van der Waals surface area contributed by atoms with Crippen molar-refractivity contribution in [3.8, 4) is 0 Å². The Morgan fingerprint density at radius 2 is 0.687 bits per heavy atom. The fourth-order valence-electron chi connectivity index (χ4n) is 10.4. The lowest BCUT2D eigenvalue weighted by Crippen LogP contribution is -2.40. The number of ether oxygens (including phenoxy) is 4. The van der Waals surface area contributed by atoms with Crippen molar-refractivity contribution in [2.75, 3.05) is 47.5 Å². The van der Waals surface area contributed by atoms with E-state index < -0.39 is 24.3 Å². The summed E-state index contributed by atoms with van der Waals surface area (Å²) >= 11 is 0. The number of unbranched alkanes of at least 4 members (excludes halogenated alkanes) is 41. The summed E-state index contributed by atoms with van der Waals surface area (Å²) in [4.78, 5) is 37.6. The molecule has 0 bridgehead atoms. The van der Waals surface area contributed by atoms with Crippen LogP contribution in [0.4, 0.5) is 0 Å². The lowest BCUT2D eigenvalue weighted by atomic mass is 10.0. The van der Waals surface area contributed by atoms with E-state index in [9.17, 15) is 19.5 Å². The molecule has 0 amide bonds. The van der Waals surface area contributed by atoms with Crippen LogP contribution in [0.1, 0.15) is 335 Å². The van der Waals surface area contributed by atoms with E-state index in [2.05, 4.69) is 74.6 Å². The van der Waals surface area contributed by atoms with Crippen LogP contribution in [0.3, 0.4) is 0 Å². The normalized spacial score (nSPS) is 13.0. The first-order valence-electron chi connectivity index (χ1n) is 35.5. The van der Waals surface area contributed by atoms with Gasteiger partial charge in [-0.3, -0.25) is 9.59 Å². The number of allylic oxidation sites excluding steroid dienone is 10. The average Bonchev–Trinajstić information content (AvgIpc) is 3.46. The summed E-state index contributed by atoms with van der Waals surface area (Å²) < 4.78 is 23.0. The summed E-state index contributed by atoms with van der Waals surface area (Å²) in [7, 11) is 5.98. The molecule has 0 saturated heterocycles. The highest BCUT2D eigenvalue weighted by molar-refractivity contribution is 5.71. The second kappa shape index (κ2) is 65.0. The third-order valence-corrected chi connectivity index (χ3v) is 15.8. The van der Waals surface area contributed by atoms with Crippen molar-refractivity contribution >= 4 is 17.9 Å². The van der Waals surface area contributed by atoms with Crippen LogP contribution in [0.15, 0.2) is 60.8 Å². The minimum Gasteiger partial charge on any atom is -0.477 e. The second-order valence-corrected chi connectivity index (χ2v) is 25.2. The first-order chi connectivity index (χ1) is 40.6. The molecule has 0 saturated carbocycles. The molecule has 83 heavy (non-hydrogen) atoms. The summed E-state index contributed by atoms with van der Waals surface area (Å²) in [6, 6.07) is 0. The zero-order valence-electron chi connectivity index (χ0n) is 55.4. The summed E-state index contributed by atoms with van der Waals surface area (Å²) in [6.45, 7) is 4.81. The minimum atomic E-state index is -1.51. The number of nitrogens with zero attached hydrogens (tertiary/aromatic N) is 1. The third-order valence-electron chi connectivity index (χ3n) is 15.8. The fraction of sp³-hybridized carbons (Fsp3) is 0.824. The van der Waals surface area contributed by atoms with E-state index in [1.165, 1.54) is 225 Å². The van der Waals surface area contributed by atoms with Gasteiger partial charge in [-0.15, -0.1) is 0 Å². The van der Waals surface area contributed by atoms with Gasteiger partial charge in [0.2, 0.25) is 0 Å². The van der Waals surface area contributed by atoms with E-state index in [0.29, 0.717) is 23.9 Å². The number of carboxylic acids is 1. The number of likely N-dealkylation sites (N-methyl/N-ethyl adjacent to an activating group) is 1. The molecule has 0 aliphatic rings. The van der Waals surface area contributed by atoms with Gasteiger partial charge < -0.3 is 28.5 Å². The highest BCUT2D eigenvalue weighted by atomic mass is 16.7. The van der Waals surface area contributed by atoms with Crippen LogP contribution in [0.5, 0.6) is 0 Å². The number of aliphatic carboxylic acids is 1. The molecule has 0 radical (unpaired) electrons. The third kappa shape index (κ3) is 66.4. The molecule has 0 aromatic carbocycles. The Morgan fingerprint density at radius 3 is 1.02 bits per heavy atom. The Bertz CT molecular complexity index is 1550. The van der Waals surface area contributed by atoms with Crippen LogP contribution in [0.2, 0.25) is 0 Å². The number of hydrogen-bond donors (Lipinski definition) is 1.